The van der Waals surface area contributed by atoms with Crippen LogP contribution >= 0.6 is 0 Å². The Morgan fingerprint density at radius 2 is 1.57 bits per heavy atom. The number of hydrogen-bond donors (Lipinski definition) is 0. The molecule has 1 saturated heterocycles. The molecule has 1 aliphatic heterocycles. The Labute approximate surface area is 220 Å². The Morgan fingerprint density at radius 1 is 0.865 bits per heavy atom. The van der Waals surface area contributed by atoms with Gasteiger partial charge < -0.3 is 19.1 Å². The molecule has 5 rings (SSSR count). The van der Waals surface area contributed by atoms with E-state index in [4.69, 9.17) is 4.74 Å². The first-order valence-corrected chi connectivity index (χ1v) is 13.5. The van der Waals surface area contributed by atoms with E-state index < -0.39 is 0 Å². The number of nitrogens with zero attached hydrogens (tertiary/aromatic N) is 3. The van der Waals surface area contributed by atoms with Crippen molar-refractivity contribution in [3.8, 4) is 5.75 Å². The van der Waals surface area contributed by atoms with Crippen molar-refractivity contribution in [1.29, 1.82) is 0 Å². The number of carbonyl (C=O) groups excluding carboxylic acids is 1. The molecule has 2 heterocycles. The van der Waals surface area contributed by atoms with Gasteiger partial charge in [0.2, 0.25) is 5.91 Å². The van der Waals surface area contributed by atoms with Gasteiger partial charge in [-0.2, -0.15) is 0 Å². The van der Waals surface area contributed by atoms with Gasteiger partial charge in [-0.1, -0.05) is 67.6 Å². The third kappa shape index (κ3) is 5.72. The summed E-state index contributed by atoms with van der Waals surface area (Å²) in [6.07, 6.45) is 2.72. The summed E-state index contributed by atoms with van der Waals surface area (Å²) in [4.78, 5) is 18.1. The first-order valence-electron chi connectivity index (χ1n) is 13.5. The zero-order valence-electron chi connectivity index (χ0n) is 22.0. The molecule has 0 saturated carbocycles. The maximum atomic E-state index is 13.6. The second-order valence-corrected chi connectivity index (χ2v) is 9.79. The van der Waals surface area contributed by atoms with E-state index in [1.165, 1.54) is 22.0 Å². The van der Waals surface area contributed by atoms with Gasteiger partial charge in [0.25, 0.3) is 0 Å². The molecule has 1 aromatic heterocycles. The van der Waals surface area contributed by atoms with E-state index >= 15 is 0 Å². The standard InChI is InChI=1S/C32H37N3O2/c1-3-33-18-20-34(21-19-33)32(36)22-29(26-14-16-27(17-15-26)37-4-2)30-24-35(23-25-10-6-5-7-11-25)31-13-9-8-12-28(30)31/h5-17,24,29H,3-4,18-23H2,1-2H3. The Hall–Kier alpha value is -3.57. The molecular weight excluding hydrogens is 458 g/mol. The number of piperazine rings is 1. The molecule has 1 unspecified atom stereocenters. The molecule has 0 N–H and O–H groups in total. The molecule has 37 heavy (non-hydrogen) atoms. The lowest BCUT2D eigenvalue weighted by molar-refractivity contribution is -0.133. The second-order valence-electron chi connectivity index (χ2n) is 9.79. The first-order chi connectivity index (χ1) is 18.2. The summed E-state index contributed by atoms with van der Waals surface area (Å²) < 4.78 is 8.03. The van der Waals surface area contributed by atoms with E-state index in [2.05, 4.69) is 94.2 Å². The molecule has 0 aliphatic carbocycles. The van der Waals surface area contributed by atoms with Crippen LogP contribution in [0.4, 0.5) is 0 Å². The van der Waals surface area contributed by atoms with Crippen LogP contribution in [0.15, 0.2) is 85.1 Å². The Balaban J connectivity index is 1.50. The number of carbonyl (C=O) groups is 1. The topological polar surface area (TPSA) is 37.7 Å². The van der Waals surface area contributed by atoms with Crippen LogP contribution in [-0.4, -0.2) is 59.6 Å². The molecule has 1 aliphatic rings. The highest BCUT2D eigenvalue weighted by molar-refractivity contribution is 5.87. The van der Waals surface area contributed by atoms with Crippen molar-refractivity contribution < 1.29 is 9.53 Å². The SMILES string of the molecule is CCOc1ccc(C(CC(=O)N2CCN(CC)CC2)c2cn(Cc3ccccc3)c3ccccc23)cc1. The molecule has 3 aromatic carbocycles. The summed E-state index contributed by atoms with van der Waals surface area (Å²) in [5.41, 5.74) is 4.81. The quantitative estimate of drug-likeness (QED) is 0.296. The molecule has 192 valence electrons. The average Bonchev–Trinajstić information content (AvgIpc) is 3.31. The van der Waals surface area contributed by atoms with Crippen molar-refractivity contribution in [1.82, 2.24) is 14.4 Å². The summed E-state index contributed by atoms with van der Waals surface area (Å²) in [6, 6.07) is 27.4. The lowest BCUT2D eigenvalue weighted by Crippen LogP contribution is -2.48. The fourth-order valence-electron chi connectivity index (χ4n) is 5.45. The highest BCUT2D eigenvalue weighted by atomic mass is 16.5. The summed E-state index contributed by atoms with van der Waals surface area (Å²) in [5.74, 6) is 1.06. The van der Waals surface area contributed by atoms with Crippen molar-refractivity contribution in [2.24, 2.45) is 0 Å². The van der Waals surface area contributed by atoms with Gasteiger partial charge in [-0.15, -0.1) is 0 Å². The maximum Gasteiger partial charge on any atom is 0.223 e. The van der Waals surface area contributed by atoms with Gasteiger partial charge in [0.05, 0.1) is 6.61 Å². The zero-order valence-corrected chi connectivity index (χ0v) is 22.0. The van der Waals surface area contributed by atoms with Gasteiger partial charge in [0.15, 0.2) is 0 Å². The molecule has 4 aromatic rings. The van der Waals surface area contributed by atoms with E-state index in [0.717, 1.165) is 50.6 Å². The fourth-order valence-corrected chi connectivity index (χ4v) is 5.45. The van der Waals surface area contributed by atoms with Gasteiger partial charge in [-0.25, -0.2) is 0 Å². The Kier molecular flexibility index (Phi) is 7.90. The third-order valence-electron chi connectivity index (χ3n) is 7.53. The Morgan fingerprint density at radius 3 is 2.27 bits per heavy atom. The van der Waals surface area contributed by atoms with Crippen LogP contribution < -0.4 is 4.74 Å². The van der Waals surface area contributed by atoms with Crippen LogP contribution in [-0.2, 0) is 11.3 Å². The maximum absolute atomic E-state index is 13.6. The van der Waals surface area contributed by atoms with Crippen molar-refractivity contribution >= 4 is 16.8 Å². The summed E-state index contributed by atoms with van der Waals surface area (Å²) in [7, 11) is 0. The van der Waals surface area contributed by atoms with E-state index in [1.807, 2.05) is 19.1 Å². The number of likely N-dealkylation sites (N-methyl/N-ethyl adjacent to an activating group) is 1. The van der Waals surface area contributed by atoms with Gasteiger partial charge in [-0.05, 0) is 48.4 Å². The van der Waals surface area contributed by atoms with Crippen LogP contribution in [0.3, 0.4) is 0 Å². The van der Waals surface area contributed by atoms with Gasteiger partial charge in [0, 0.05) is 62.2 Å². The molecule has 5 heteroatoms. The Bertz CT molecular complexity index is 1310. The van der Waals surface area contributed by atoms with E-state index in [1.54, 1.807) is 0 Å². The van der Waals surface area contributed by atoms with Crippen LogP contribution in [0.1, 0.15) is 42.9 Å². The van der Waals surface area contributed by atoms with Crippen LogP contribution in [0.5, 0.6) is 5.75 Å². The van der Waals surface area contributed by atoms with Crippen molar-refractivity contribution in [3.05, 3.63) is 102 Å². The number of ether oxygens (including phenoxy) is 1. The monoisotopic (exact) mass is 495 g/mol. The molecule has 1 fully saturated rings. The van der Waals surface area contributed by atoms with Crippen LogP contribution in [0.2, 0.25) is 0 Å². The normalized spacial score (nSPS) is 15.1. The predicted molar refractivity (Wildman–Crippen MR) is 150 cm³/mol. The van der Waals surface area contributed by atoms with Gasteiger partial charge in [0.1, 0.15) is 5.75 Å². The summed E-state index contributed by atoms with van der Waals surface area (Å²) in [6.45, 7) is 10.2. The number of fused-ring (bicyclic) bond motifs is 1. The smallest absolute Gasteiger partial charge is 0.223 e. The summed E-state index contributed by atoms with van der Waals surface area (Å²) in [5, 5.41) is 1.21. The van der Waals surface area contributed by atoms with Crippen molar-refractivity contribution in [2.45, 2.75) is 32.7 Å². The third-order valence-corrected chi connectivity index (χ3v) is 7.53. The second kappa shape index (κ2) is 11.7. The number of hydrogen-bond acceptors (Lipinski definition) is 3. The average molecular weight is 496 g/mol. The molecule has 0 spiro atoms. The minimum Gasteiger partial charge on any atom is -0.494 e. The molecule has 1 atom stereocenters. The van der Waals surface area contributed by atoms with E-state index in [0.29, 0.717) is 13.0 Å². The van der Waals surface area contributed by atoms with Gasteiger partial charge >= 0.3 is 0 Å². The van der Waals surface area contributed by atoms with E-state index in [9.17, 15) is 4.79 Å². The van der Waals surface area contributed by atoms with E-state index in [-0.39, 0.29) is 11.8 Å². The lowest BCUT2D eigenvalue weighted by Gasteiger charge is -2.35. The number of para-hydroxylation sites is 1. The predicted octanol–water partition coefficient (Wildman–Crippen LogP) is 5.77. The van der Waals surface area contributed by atoms with Crippen molar-refractivity contribution in [2.75, 3.05) is 39.3 Å². The zero-order chi connectivity index (χ0) is 25.6. The summed E-state index contributed by atoms with van der Waals surface area (Å²) >= 11 is 0. The van der Waals surface area contributed by atoms with Crippen LogP contribution in [0, 0.1) is 0 Å². The van der Waals surface area contributed by atoms with Crippen molar-refractivity contribution in [3.63, 3.8) is 0 Å². The highest BCUT2D eigenvalue weighted by Crippen LogP contribution is 2.36. The molecule has 5 nitrogen and oxygen atoms in total. The minimum atomic E-state index is -0.0331. The number of rotatable bonds is 9. The fraction of sp³-hybridized carbons (Fsp3) is 0.344. The molecule has 0 radical (unpaired) electrons. The number of amides is 1. The highest BCUT2D eigenvalue weighted by Gasteiger charge is 2.27. The largest absolute Gasteiger partial charge is 0.494 e. The first kappa shape index (κ1) is 25.1. The number of benzene rings is 3. The molecule has 0 bridgehead atoms. The number of aromatic nitrogens is 1. The minimum absolute atomic E-state index is 0.0331. The van der Waals surface area contributed by atoms with Gasteiger partial charge in [-0.3, -0.25) is 4.79 Å². The molecule has 1 amide bonds. The van der Waals surface area contributed by atoms with Crippen LogP contribution in [0.25, 0.3) is 10.9 Å². The molecular formula is C32H37N3O2. The lowest BCUT2D eigenvalue weighted by atomic mass is 9.87.